The number of benzene rings is 1. The van der Waals surface area contributed by atoms with Crippen molar-refractivity contribution in [2.75, 3.05) is 18.5 Å². The van der Waals surface area contributed by atoms with E-state index in [9.17, 15) is 9.59 Å². The number of anilines is 1. The number of hydrogen-bond acceptors (Lipinski definition) is 4. The Morgan fingerprint density at radius 3 is 3.00 bits per heavy atom. The van der Waals surface area contributed by atoms with Crippen molar-refractivity contribution in [3.8, 4) is 0 Å². The van der Waals surface area contributed by atoms with Gasteiger partial charge in [0, 0.05) is 10.7 Å². The molecule has 19 heavy (non-hydrogen) atoms. The third kappa shape index (κ3) is 3.23. The molecule has 1 aliphatic heterocycles. The van der Waals surface area contributed by atoms with Gasteiger partial charge < -0.3 is 20.9 Å². The van der Waals surface area contributed by atoms with Crippen LogP contribution in [0.4, 0.5) is 5.69 Å². The zero-order valence-corrected chi connectivity index (χ0v) is 10.7. The minimum atomic E-state index is -1.05. The van der Waals surface area contributed by atoms with E-state index in [1.165, 1.54) is 0 Å². The van der Waals surface area contributed by atoms with E-state index in [2.05, 4.69) is 5.32 Å². The van der Waals surface area contributed by atoms with Crippen LogP contribution in [0.15, 0.2) is 12.1 Å². The van der Waals surface area contributed by atoms with Crippen molar-refractivity contribution >= 4 is 29.2 Å². The number of amides is 1. The lowest BCUT2D eigenvalue weighted by Crippen LogP contribution is -2.20. The van der Waals surface area contributed by atoms with Gasteiger partial charge in [0.2, 0.25) is 5.91 Å². The number of nitrogens with two attached hydrogens (primary N) is 1. The number of aliphatic carboxylic acids is 1. The first-order valence-electron chi connectivity index (χ1n) is 5.64. The largest absolute Gasteiger partial charge is 0.480 e. The molecule has 1 heterocycles. The molecule has 1 aliphatic rings. The summed E-state index contributed by atoms with van der Waals surface area (Å²) < 4.78 is 4.94. The summed E-state index contributed by atoms with van der Waals surface area (Å²) in [6.07, 6.45) is 0.294. The van der Waals surface area contributed by atoms with Crippen LogP contribution in [-0.4, -0.2) is 30.2 Å². The van der Waals surface area contributed by atoms with Gasteiger partial charge in [-0.25, -0.2) is 4.79 Å². The summed E-state index contributed by atoms with van der Waals surface area (Å²) in [7, 11) is 0. The summed E-state index contributed by atoms with van der Waals surface area (Å²) >= 11 is 6.09. The Bertz CT molecular complexity index is 533. The zero-order valence-electron chi connectivity index (χ0n) is 9.98. The molecule has 1 amide bonds. The summed E-state index contributed by atoms with van der Waals surface area (Å²) in [4.78, 5) is 21.6. The predicted molar refractivity (Wildman–Crippen MR) is 69.2 cm³/mol. The number of rotatable bonds is 5. The normalized spacial score (nSPS) is 14.9. The Labute approximate surface area is 114 Å². The standard InChI is InChI=1S/C12H13ClN2O4/c13-8-3-10-6(2-11(16)15-10)1-7(8)9(14)4-19-5-12(17)18/h1,3,9H,2,4-5,14H2,(H,15,16)(H,17,18). The van der Waals surface area contributed by atoms with E-state index in [0.29, 0.717) is 22.7 Å². The molecule has 0 radical (unpaired) electrons. The quantitative estimate of drug-likeness (QED) is 0.747. The molecule has 4 N–H and O–H groups in total. The summed E-state index contributed by atoms with van der Waals surface area (Å²) in [6.45, 7) is -0.359. The first-order chi connectivity index (χ1) is 8.97. The highest BCUT2D eigenvalue weighted by atomic mass is 35.5. The van der Waals surface area contributed by atoms with E-state index in [0.717, 1.165) is 5.56 Å². The Kier molecular flexibility index (Phi) is 4.04. The average Bonchev–Trinajstić information content (AvgIpc) is 2.66. The van der Waals surface area contributed by atoms with Crippen molar-refractivity contribution < 1.29 is 19.4 Å². The van der Waals surface area contributed by atoms with Gasteiger partial charge in [-0.3, -0.25) is 4.79 Å². The van der Waals surface area contributed by atoms with Crippen LogP contribution >= 0.6 is 11.6 Å². The highest BCUT2D eigenvalue weighted by molar-refractivity contribution is 6.32. The summed E-state index contributed by atoms with van der Waals surface area (Å²) in [6, 6.07) is 2.87. The molecule has 102 valence electrons. The van der Waals surface area contributed by atoms with Gasteiger partial charge in [-0.1, -0.05) is 17.7 Å². The minimum absolute atomic E-state index is 0.0478. The maximum Gasteiger partial charge on any atom is 0.329 e. The lowest BCUT2D eigenvalue weighted by molar-refractivity contribution is -0.142. The van der Waals surface area contributed by atoms with Crippen molar-refractivity contribution in [3.05, 3.63) is 28.3 Å². The van der Waals surface area contributed by atoms with E-state index in [4.69, 9.17) is 27.2 Å². The lowest BCUT2D eigenvalue weighted by Gasteiger charge is -2.15. The van der Waals surface area contributed by atoms with E-state index in [1.807, 2.05) is 0 Å². The minimum Gasteiger partial charge on any atom is -0.480 e. The van der Waals surface area contributed by atoms with Crippen LogP contribution in [-0.2, 0) is 20.7 Å². The van der Waals surface area contributed by atoms with Crippen molar-refractivity contribution in [2.24, 2.45) is 5.73 Å². The number of carboxylic acid groups (broad SMARTS) is 1. The van der Waals surface area contributed by atoms with Crippen LogP contribution in [0.3, 0.4) is 0 Å². The monoisotopic (exact) mass is 284 g/mol. The molecular formula is C12H13ClN2O4. The van der Waals surface area contributed by atoms with Gasteiger partial charge in [-0.2, -0.15) is 0 Å². The van der Waals surface area contributed by atoms with Gasteiger partial charge in [0.1, 0.15) is 6.61 Å². The van der Waals surface area contributed by atoms with E-state index in [1.54, 1.807) is 12.1 Å². The van der Waals surface area contributed by atoms with Crippen molar-refractivity contribution in [1.82, 2.24) is 0 Å². The molecule has 1 unspecified atom stereocenters. The predicted octanol–water partition coefficient (Wildman–Crippen LogP) is 0.936. The van der Waals surface area contributed by atoms with Crippen LogP contribution in [0, 0.1) is 0 Å². The number of ether oxygens (including phenoxy) is 1. The van der Waals surface area contributed by atoms with Crippen LogP contribution in [0.5, 0.6) is 0 Å². The van der Waals surface area contributed by atoms with Gasteiger partial charge in [0.15, 0.2) is 0 Å². The Morgan fingerprint density at radius 2 is 2.32 bits per heavy atom. The molecule has 0 aliphatic carbocycles. The summed E-state index contributed by atoms with van der Waals surface area (Å²) in [5.74, 6) is -1.14. The molecule has 0 saturated carbocycles. The topological polar surface area (TPSA) is 102 Å². The molecule has 6 nitrogen and oxygen atoms in total. The zero-order chi connectivity index (χ0) is 14.0. The van der Waals surface area contributed by atoms with E-state index in [-0.39, 0.29) is 12.5 Å². The highest BCUT2D eigenvalue weighted by Crippen LogP contribution is 2.32. The molecule has 0 bridgehead atoms. The fourth-order valence-corrected chi connectivity index (χ4v) is 2.22. The Morgan fingerprint density at radius 1 is 1.58 bits per heavy atom. The fourth-order valence-electron chi connectivity index (χ4n) is 1.91. The highest BCUT2D eigenvalue weighted by Gasteiger charge is 2.21. The number of carbonyl (C=O) groups is 2. The second-order valence-electron chi connectivity index (χ2n) is 4.27. The number of carbonyl (C=O) groups excluding carboxylic acids is 1. The molecule has 7 heteroatoms. The molecule has 2 rings (SSSR count). The fraction of sp³-hybridized carbons (Fsp3) is 0.333. The van der Waals surface area contributed by atoms with Crippen molar-refractivity contribution in [2.45, 2.75) is 12.5 Å². The second kappa shape index (κ2) is 5.56. The number of carboxylic acids is 1. The van der Waals surface area contributed by atoms with Gasteiger partial charge in [0.25, 0.3) is 0 Å². The SMILES string of the molecule is NC(COCC(=O)O)c1cc2c(cc1Cl)NC(=O)C2. The molecule has 0 aromatic heterocycles. The number of nitrogens with one attached hydrogen (secondary N) is 1. The van der Waals surface area contributed by atoms with Gasteiger partial charge in [-0.15, -0.1) is 0 Å². The third-order valence-electron chi connectivity index (χ3n) is 2.77. The number of halogens is 1. The van der Waals surface area contributed by atoms with Gasteiger partial charge in [-0.05, 0) is 17.2 Å². The van der Waals surface area contributed by atoms with Crippen LogP contribution in [0.25, 0.3) is 0 Å². The van der Waals surface area contributed by atoms with Gasteiger partial charge in [0.05, 0.1) is 19.1 Å². The Balaban J connectivity index is 2.10. The first kappa shape index (κ1) is 13.8. The summed E-state index contributed by atoms with van der Waals surface area (Å²) in [5.41, 5.74) is 8.07. The second-order valence-corrected chi connectivity index (χ2v) is 4.68. The number of hydrogen-bond donors (Lipinski definition) is 3. The molecule has 0 fully saturated rings. The summed E-state index contributed by atoms with van der Waals surface area (Å²) in [5, 5.41) is 11.6. The molecule has 0 saturated heterocycles. The molecule has 0 spiro atoms. The molecule has 1 aromatic carbocycles. The lowest BCUT2D eigenvalue weighted by atomic mass is 10.0. The van der Waals surface area contributed by atoms with Gasteiger partial charge >= 0.3 is 5.97 Å². The van der Waals surface area contributed by atoms with Crippen LogP contribution in [0.2, 0.25) is 5.02 Å². The first-order valence-corrected chi connectivity index (χ1v) is 6.02. The molecular weight excluding hydrogens is 272 g/mol. The molecule has 1 atom stereocenters. The van der Waals surface area contributed by atoms with E-state index < -0.39 is 18.6 Å². The maximum atomic E-state index is 11.3. The van der Waals surface area contributed by atoms with Crippen molar-refractivity contribution in [1.29, 1.82) is 0 Å². The van der Waals surface area contributed by atoms with Crippen molar-refractivity contribution in [3.63, 3.8) is 0 Å². The van der Waals surface area contributed by atoms with Crippen LogP contribution < -0.4 is 11.1 Å². The van der Waals surface area contributed by atoms with E-state index >= 15 is 0 Å². The smallest absolute Gasteiger partial charge is 0.329 e. The Hall–Kier alpha value is -1.63. The number of fused-ring (bicyclic) bond motifs is 1. The van der Waals surface area contributed by atoms with Crippen LogP contribution in [0.1, 0.15) is 17.2 Å². The third-order valence-corrected chi connectivity index (χ3v) is 3.10. The average molecular weight is 285 g/mol. The maximum absolute atomic E-state index is 11.3. The molecule has 1 aromatic rings.